The van der Waals surface area contributed by atoms with E-state index in [1.54, 1.807) is 16.9 Å². The lowest BCUT2D eigenvalue weighted by Crippen LogP contribution is -2.48. The third-order valence-electron chi connectivity index (χ3n) is 4.53. The predicted octanol–water partition coefficient (Wildman–Crippen LogP) is 1.41. The van der Waals surface area contributed by atoms with Gasteiger partial charge in [0.05, 0.1) is 31.5 Å². The Morgan fingerprint density at radius 3 is 2.81 bits per heavy atom. The summed E-state index contributed by atoms with van der Waals surface area (Å²) in [4.78, 5) is 29.7. The third-order valence-corrected chi connectivity index (χ3v) is 4.53. The summed E-state index contributed by atoms with van der Waals surface area (Å²) >= 11 is 0. The zero-order valence-electron chi connectivity index (χ0n) is 14.5. The molecule has 1 saturated heterocycles. The Kier molecular flexibility index (Phi) is 4.55. The second-order valence-corrected chi connectivity index (χ2v) is 6.37. The second kappa shape index (κ2) is 7.16. The largest absolute Gasteiger partial charge is 0.479 e. The molecule has 27 heavy (non-hydrogen) atoms. The number of rotatable bonds is 4. The minimum Gasteiger partial charge on any atom is -0.479 e. The standard InChI is InChI=1S/C19H18N4O4/c24-18(22-6-7-27-16(12-22)19(25)26)15-8-14-10-21-23(17(14)20-9-15)11-13-4-2-1-3-5-13/h1-5,8-10,16H,6-7,11-12H2,(H,25,26). The van der Waals surface area contributed by atoms with E-state index < -0.39 is 12.1 Å². The summed E-state index contributed by atoms with van der Waals surface area (Å²) in [7, 11) is 0. The first kappa shape index (κ1) is 17.2. The van der Waals surface area contributed by atoms with Gasteiger partial charge in [0.2, 0.25) is 0 Å². The van der Waals surface area contributed by atoms with E-state index in [1.165, 1.54) is 11.1 Å². The Morgan fingerprint density at radius 2 is 2.04 bits per heavy atom. The highest BCUT2D eigenvalue weighted by atomic mass is 16.5. The van der Waals surface area contributed by atoms with Crippen molar-refractivity contribution >= 4 is 22.9 Å². The van der Waals surface area contributed by atoms with Crippen molar-refractivity contribution in [2.24, 2.45) is 0 Å². The van der Waals surface area contributed by atoms with E-state index in [1.807, 2.05) is 30.3 Å². The molecule has 0 saturated carbocycles. The molecule has 1 unspecified atom stereocenters. The predicted molar refractivity (Wildman–Crippen MR) is 96.4 cm³/mol. The highest BCUT2D eigenvalue weighted by molar-refractivity contribution is 5.97. The fraction of sp³-hybridized carbons (Fsp3) is 0.263. The number of hydrogen-bond acceptors (Lipinski definition) is 5. The number of aliphatic carboxylic acids is 1. The summed E-state index contributed by atoms with van der Waals surface area (Å²) in [6.45, 7) is 1.18. The van der Waals surface area contributed by atoms with Crippen LogP contribution in [0.25, 0.3) is 11.0 Å². The minimum atomic E-state index is -1.07. The summed E-state index contributed by atoms with van der Waals surface area (Å²) in [6.07, 6.45) is 2.20. The molecule has 0 radical (unpaired) electrons. The number of fused-ring (bicyclic) bond motifs is 1. The molecule has 1 atom stereocenters. The maximum Gasteiger partial charge on any atom is 0.334 e. The number of carboxylic acid groups (broad SMARTS) is 1. The van der Waals surface area contributed by atoms with Gasteiger partial charge in [-0.25, -0.2) is 14.5 Å². The van der Waals surface area contributed by atoms with Gasteiger partial charge < -0.3 is 14.7 Å². The molecule has 1 fully saturated rings. The van der Waals surface area contributed by atoms with E-state index in [4.69, 9.17) is 9.84 Å². The zero-order chi connectivity index (χ0) is 18.8. The monoisotopic (exact) mass is 366 g/mol. The molecule has 2 aromatic heterocycles. The molecule has 8 heteroatoms. The van der Waals surface area contributed by atoms with Gasteiger partial charge in [0.1, 0.15) is 0 Å². The van der Waals surface area contributed by atoms with Crippen LogP contribution < -0.4 is 0 Å². The number of aromatic nitrogens is 3. The van der Waals surface area contributed by atoms with E-state index in [-0.39, 0.29) is 19.1 Å². The van der Waals surface area contributed by atoms with Crippen molar-refractivity contribution in [1.82, 2.24) is 19.7 Å². The lowest BCUT2D eigenvalue weighted by atomic mass is 10.2. The van der Waals surface area contributed by atoms with Crippen molar-refractivity contribution in [2.45, 2.75) is 12.6 Å². The number of hydrogen-bond donors (Lipinski definition) is 1. The van der Waals surface area contributed by atoms with Crippen LogP contribution in [0.4, 0.5) is 0 Å². The Balaban J connectivity index is 1.55. The SMILES string of the molecule is O=C(O)C1CN(C(=O)c2cnc3c(cnn3Cc3ccccc3)c2)CCO1. The lowest BCUT2D eigenvalue weighted by Gasteiger charge is -2.30. The van der Waals surface area contributed by atoms with Crippen molar-refractivity contribution in [1.29, 1.82) is 0 Å². The molecule has 1 amide bonds. The Labute approximate surface area is 155 Å². The van der Waals surface area contributed by atoms with E-state index >= 15 is 0 Å². The fourth-order valence-electron chi connectivity index (χ4n) is 3.13. The topological polar surface area (TPSA) is 97.5 Å². The molecule has 1 aromatic carbocycles. The Bertz CT molecular complexity index is 986. The van der Waals surface area contributed by atoms with Crippen LogP contribution in [0.15, 0.2) is 48.8 Å². The first-order chi connectivity index (χ1) is 13.1. The summed E-state index contributed by atoms with van der Waals surface area (Å²) < 4.78 is 6.95. The highest BCUT2D eigenvalue weighted by Crippen LogP contribution is 2.17. The third kappa shape index (κ3) is 3.52. The molecule has 0 bridgehead atoms. The molecule has 3 heterocycles. The molecule has 1 aliphatic heterocycles. The molecule has 4 rings (SSSR count). The number of morpholine rings is 1. The van der Waals surface area contributed by atoms with Crippen LogP contribution in [0.3, 0.4) is 0 Å². The summed E-state index contributed by atoms with van der Waals surface area (Å²) in [6, 6.07) is 11.7. The number of carbonyl (C=O) groups excluding carboxylic acids is 1. The minimum absolute atomic E-state index is 0.0273. The lowest BCUT2D eigenvalue weighted by molar-refractivity contribution is -0.154. The summed E-state index contributed by atoms with van der Waals surface area (Å²) in [5, 5.41) is 14.2. The quantitative estimate of drug-likeness (QED) is 0.750. The second-order valence-electron chi connectivity index (χ2n) is 6.37. The van der Waals surface area contributed by atoms with Gasteiger partial charge in [0.15, 0.2) is 11.8 Å². The van der Waals surface area contributed by atoms with Gasteiger partial charge in [-0.3, -0.25) is 4.79 Å². The Morgan fingerprint density at radius 1 is 1.22 bits per heavy atom. The van der Waals surface area contributed by atoms with Gasteiger partial charge in [-0.2, -0.15) is 5.10 Å². The van der Waals surface area contributed by atoms with Crippen LogP contribution in [-0.4, -0.2) is 62.4 Å². The molecule has 3 aromatic rings. The van der Waals surface area contributed by atoms with Crippen molar-refractivity contribution in [3.8, 4) is 0 Å². The number of ether oxygens (including phenoxy) is 1. The average molecular weight is 366 g/mol. The van der Waals surface area contributed by atoms with Crippen LogP contribution in [0, 0.1) is 0 Å². The summed E-state index contributed by atoms with van der Waals surface area (Å²) in [5.74, 6) is -1.32. The highest BCUT2D eigenvalue weighted by Gasteiger charge is 2.29. The van der Waals surface area contributed by atoms with Crippen LogP contribution in [-0.2, 0) is 16.1 Å². The van der Waals surface area contributed by atoms with Crippen LogP contribution in [0.2, 0.25) is 0 Å². The van der Waals surface area contributed by atoms with Crippen LogP contribution in [0.1, 0.15) is 15.9 Å². The molecule has 1 N–H and O–H groups in total. The first-order valence-electron chi connectivity index (χ1n) is 8.61. The smallest absolute Gasteiger partial charge is 0.334 e. The molecule has 0 aliphatic carbocycles. The average Bonchev–Trinajstić information content (AvgIpc) is 3.10. The van der Waals surface area contributed by atoms with Crippen molar-refractivity contribution in [2.75, 3.05) is 19.7 Å². The van der Waals surface area contributed by atoms with Gasteiger partial charge in [-0.15, -0.1) is 0 Å². The van der Waals surface area contributed by atoms with Crippen molar-refractivity contribution < 1.29 is 19.4 Å². The fourth-order valence-corrected chi connectivity index (χ4v) is 3.13. The van der Waals surface area contributed by atoms with E-state index in [2.05, 4.69) is 10.1 Å². The van der Waals surface area contributed by atoms with Gasteiger partial charge in [0, 0.05) is 18.1 Å². The molecule has 138 valence electrons. The van der Waals surface area contributed by atoms with E-state index in [9.17, 15) is 9.59 Å². The number of amides is 1. The maximum atomic E-state index is 12.7. The normalized spacial score (nSPS) is 17.2. The van der Waals surface area contributed by atoms with E-state index in [0.29, 0.717) is 24.3 Å². The zero-order valence-corrected chi connectivity index (χ0v) is 14.5. The van der Waals surface area contributed by atoms with Crippen LogP contribution >= 0.6 is 0 Å². The van der Waals surface area contributed by atoms with Crippen LogP contribution in [0.5, 0.6) is 0 Å². The number of carboxylic acids is 1. The van der Waals surface area contributed by atoms with Gasteiger partial charge in [0.25, 0.3) is 5.91 Å². The van der Waals surface area contributed by atoms with E-state index in [0.717, 1.165) is 10.9 Å². The molecule has 0 spiro atoms. The van der Waals surface area contributed by atoms with Crippen molar-refractivity contribution in [3.63, 3.8) is 0 Å². The van der Waals surface area contributed by atoms with Gasteiger partial charge in [-0.1, -0.05) is 30.3 Å². The molecule has 8 nitrogen and oxygen atoms in total. The molecular weight excluding hydrogens is 348 g/mol. The number of nitrogens with zero attached hydrogens (tertiary/aromatic N) is 4. The molecule has 1 aliphatic rings. The van der Waals surface area contributed by atoms with Gasteiger partial charge >= 0.3 is 5.97 Å². The van der Waals surface area contributed by atoms with Crippen molar-refractivity contribution in [3.05, 3.63) is 59.9 Å². The molecular formula is C19H18N4O4. The maximum absolute atomic E-state index is 12.7. The number of carbonyl (C=O) groups is 2. The number of pyridine rings is 1. The van der Waals surface area contributed by atoms with Gasteiger partial charge in [-0.05, 0) is 11.6 Å². The number of benzene rings is 1. The Hall–Kier alpha value is -3.26. The summed E-state index contributed by atoms with van der Waals surface area (Å²) in [5.41, 5.74) is 2.21. The first-order valence-corrected chi connectivity index (χ1v) is 8.61.